The molecule has 0 saturated heterocycles. The van der Waals surface area contributed by atoms with Crippen LogP contribution in [0.1, 0.15) is 12.0 Å². The van der Waals surface area contributed by atoms with Gasteiger partial charge in [0.1, 0.15) is 10.5 Å². The van der Waals surface area contributed by atoms with E-state index in [1.807, 2.05) is 4.98 Å². The molecule has 0 aliphatic rings. The quantitative estimate of drug-likeness (QED) is 0.840. The van der Waals surface area contributed by atoms with Crippen molar-refractivity contribution in [3.05, 3.63) is 27.1 Å². The van der Waals surface area contributed by atoms with Crippen molar-refractivity contribution in [3.8, 4) is 0 Å². The summed E-state index contributed by atoms with van der Waals surface area (Å²) in [5.74, 6) is 0. The first-order chi connectivity index (χ1) is 6.75. The van der Waals surface area contributed by atoms with Gasteiger partial charge in [0.05, 0.1) is 5.02 Å². The van der Waals surface area contributed by atoms with Gasteiger partial charge in [0.15, 0.2) is 0 Å². The van der Waals surface area contributed by atoms with Crippen molar-refractivity contribution in [1.29, 1.82) is 0 Å². The van der Waals surface area contributed by atoms with E-state index in [2.05, 4.69) is 0 Å². The first-order valence-electron chi connectivity index (χ1n) is 3.39. The topological polar surface area (TPSA) is 67.0 Å². The molecule has 0 radical (unpaired) electrons. The standard InChI is InChI=1S/C6H3Cl2F2NO3S/c7-2-1-11-6(12)3(5(9)10)4(2)15(8,13)14/h1,5H,(H,11,12). The van der Waals surface area contributed by atoms with E-state index in [4.69, 9.17) is 22.3 Å². The minimum Gasteiger partial charge on any atom is -0.327 e. The first kappa shape index (κ1) is 12.4. The maximum atomic E-state index is 12.4. The highest BCUT2D eigenvalue weighted by Crippen LogP contribution is 2.30. The number of aromatic amines is 1. The summed E-state index contributed by atoms with van der Waals surface area (Å²) < 4.78 is 46.6. The van der Waals surface area contributed by atoms with E-state index in [-0.39, 0.29) is 0 Å². The van der Waals surface area contributed by atoms with Crippen LogP contribution in [0.25, 0.3) is 0 Å². The minimum absolute atomic E-state index is 0.556. The van der Waals surface area contributed by atoms with Crippen LogP contribution < -0.4 is 5.56 Å². The van der Waals surface area contributed by atoms with Crippen molar-refractivity contribution >= 4 is 31.3 Å². The summed E-state index contributed by atoms with van der Waals surface area (Å²) in [6.07, 6.45) is -2.50. The molecule has 1 rings (SSSR count). The number of hydrogen-bond acceptors (Lipinski definition) is 3. The van der Waals surface area contributed by atoms with E-state index >= 15 is 0 Å². The minimum atomic E-state index is -4.49. The molecule has 0 spiro atoms. The van der Waals surface area contributed by atoms with Gasteiger partial charge >= 0.3 is 0 Å². The largest absolute Gasteiger partial charge is 0.327 e. The molecule has 1 aromatic rings. The van der Waals surface area contributed by atoms with Crippen LogP contribution >= 0.6 is 22.3 Å². The molecule has 1 aromatic heterocycles. The van der Waals surface area contributed by atoms with E-state index in [0.717, 1.165) is 6.20 Å². The zero-order valence-corrected chi connectivity index (χ0v) is 9.13. The van der Waals surface area contributed by atoms with Crippen LogP contribution in [0.3, 0.4) is 0 Å². The molecule has 0 unspecified atom stereocenters. The van der Waals surface area contributed by atoms with Gasteiger partial charge in [-0.3, -0.25) is 4.79 Å². The molecule has 15 heavy (non-hydrogen) atoms. The molecule has 1 heterocycles. The molecule has 0 fully saturated rings. The third-order valence-corrected chi connectivity index (χ3v) is 3.30. The molecule has 9 heteroatoms. The van der Waals surface area contributed by atoms with Gasteiger partial charge in [-0.25, -0.2) is 17.2 Å². The van der Waals surface area contributed by atoms with Gasteiger partial charge in [0, 0.05) is 16.9 Å². The second kappa shape index (κ2) is 4.07. The number of rotatable bonds is 2. The Balaban J connectivity index is 3.77. The molecule has 0 saturated carbocycles. The van der Waals surface area contributed by atoms with Gasteiger partial charge < -0.3 is 4.98 Å². The van der Waals surface area contributed by atoms with Crippen LogP contribution in [0, 0.1) is 0 Å². The van der Waals surface area contributed by atoms with E-state index in [1.165, 1.54) is 0 Å². The van der Waals surface area contributed by atoms with Crippen molar-refractivity contribution in [2.45, 2.75) is 11.3 Å². The number of alkyl halides is 2. The highest BCUT2D eigenvalue weighted by atomic mass is 35.7. The molecule has 0 aliphatic carbocycles. The Morgan fingerprint density at radius 3 is 2.27 bits per heavy atom. The molecule has 0 amide bonds. The van der Waals surface area contributed by atoms with Crippen molar-refractivity contribution in [2.75, 3.05) is 0 Å². The number of hydrogen-bond donors (Lipinski definition) is 1. The SMILES string of the molecule is O=c1[nH]cc(Cl)c(S(=O)(=O)Cl)c1C(F)F. The Morgan fingerprint density at radius 2 is 1.93 bits per heavy atom. The average Bonchev–Trinajstić information content (AvgIpc) is 2.05. The lowest BCUT2D eigenvalue weighted by Gasteiger charge is -2.05. The van der Waals surface area contributed by atoms with Gasteiger partial charge in [-0.1, -0.05) is 11.6 Å². The number of H-pyrrole nitrogens is 1. The third kappa shape index (κ3) is 2.47. The monoisotopic (exact) mass is 277 g/mol. The van der Waals surface area contributed by atoms with Crippen molar-refractivity contribution in [3.63, 3.8) is 0 Å². The van der Waals surface area contributed by atoms with Gasteiger partial charge in [-0.2, -0.15) is 0 Å². The van der Waals surface area contributed by atoms with E-state index in [1.54, 1.807) is 0 Å². The van der Waals surface area contributed by atoms with Crippen LogP contribution in [0.15, 0.2) is 15.9 Å². The van der Waals surface area contributed by atoms with Crippen LogP contribution in [-0.2, 0) is 9.05 Å². The normalized spacial score (nSPS) is 12.1. The summed E-state index contributed by atoms with van der Waals surface area (Å²) in [7, 11) is 0.395. The Hall–Kier alpha value is -0.660. The fourth-order valence-electron chi connectivity index (χ4n) is 0.950. The predicted octanol–water partition coefficient (Wildman–Crippen LogP) is 1.89. The van der Waals surface area contributed by atoms with Crippen LogP contribution in [0.2, 0.25) is 5.02 Å². The van der Waals surface area contributed by atoms with E-state index in [0.29, 0.717) is 0 Å². The fraction of sp³-hybridized carbons (Fsp3) is 0.167. The molecule has 4 nitrogen and oxygen atoms in total. The second-order valence-corrected chi connectivity index (χ2v) is 5.36. The lowest BCUT2D eigenvalue weighted by atomic mass is 10.3. The maximum Gasteiger partial charge on any atom is 0.270 e. The molecular formula is C6H3Cl2F2NO3S. The Kier molecular flexibility index (Phi) is 3.37. The maximum absolute atomic E-state index is 12.4. The highest BCUT2D eigenvalue weighted by Gasteiger charge is 2.28. The van der Waals surface area contributed by atoms with Crippen molar-refractivity contribution in [1.82, 2.24) is 4.98 Å². The molecule has 0 aromatic carbocycles. The summed E-state index contributed by atoms with van der Waals surface area (Å²) in [5.41, 5.74) is -2.49. The summed E-state index contributed by atoms with van der Waals surface area (Å²) in [6.45, 7) is 0. The first-order valence-corrected chi connectivity index (χ1v) is 6.07. The van der Waals surface area contributed by atoms with Crippen molar-refractivity contribution in [2.24, 2.45) is 0 Å². The Labute approximate surface area is 92.2 Å². The smallest absolute Gasteiger partial charge is 0.270 e. The summed E-state index contributed by atoms with van der Waals surface area (Å²) >= 11 is 5.36. The van der Waals surface area contributed by atoms with Crippen LogP contribution in [-0.4, -0.2) is 13.4 Å². The van der Waals surface area contributed by atoms with Gasteiger partial charge in [-0.05, 0) is 0 Å². The Morgan fingerprint density at radius 1 is 1.40 bits per heavy atom. The molecule has 0 bridgehead atoms. The number of nitrogens with one attached hydrogen (secondary N) is 1. The van der Waals surface area contributed by atoms with E-state index in [9.17, 15) is 22.0 Å². The summed E-state index contributed by atoms with van der Waals surface area (Å²) in [4.78, 5) is 11.8. The van der Waals surface area contributed by atoms with Crippen LogP contribution in [0.4, 0.5) is 8.78 Å². The van der Waals surface area contributed by atoms with Crippen LogP contribution in [0.5, 0.6) is 0 Å². The lowest BCUT2D eigenvalue weighted by molar-refractivity contribution is 0.146. The van der Waals surface area contributed by atoms with Gasteiger partial charge in [0.2, 0.25) is 0 Å². The number of pyridine rings is 1. The highest BCUT2D eigenvalue weighted by molar-refractivity contribution is 8.13. The second-order valence-electron chi connectivity index (χ2n) is 2.45. The number of halogens is 4. The lowest BCUT2D eigenvalue weighted by Crippen LogP contribution is -2.17. The summed E-state index contributed by atoms with van der Waals surface area (Å²) in [6, 6.07) is 0. The zero-order chi connectivity index (χ0) is 11.8. The number of aromatic nitrogens is 1. The van der Waals surface area contributed by atoms with Gasteiger partial charge in [0.25, 0.3) is 21.0 Å². The molecule has 1 N–H and O–H groups in total. The predicted molar refractivity (Wildman–Crippen MR) is 50.1 cm³/mol. The zero-order valence-electron chi connectivity index (χ0n) is 6.80. The average molecular weight is 278 g/mol. The van der Waals surface area contributed by atoms with Crippen molar-refractivity contribution < 1.29 is 17.2 Å². The van der Waals surface area contributed by atoms with Gasteiger partial charge in [-0.15, -0.1) is 0 Å². The molecule has 0 aliphatic heterocycles. The molecule has 0 atom stereocenters. The molecular weight excluding hydrogens is 275 g/mol. The Bertz CT molecular complexity index is 540. The van der Waals surface area contributed by atoms with E-state index < -0.39 is 36.5 Å². The third-order valence-electron chi connectivity index (χ3n) is 1.50. The fourth-order valence-corrected chi connectivity index (χ4v) is 2.76. The molecule has 84 valence electrons. The summed E-state index contributed by atoms with van der Waals surface area (Å²) in [5, 5.41) is -0.556.